The van der Waals surface area contributed by atoms with Crippen LogP contribution in [0.5, 0.6) is 5.75 Å². The second-order valence-electron chi connectivity index (χ2n) is 3.97. The summed E-state index contributed by atoms with van der Waals surface area (Å²) in [5, 5.41) is 3.91. The Bertz CT molecular complexity index is 513. The number of nitrogens with zero attached hydrogens (tertiary/aromatic N) is 2. The average molecular weight is 263 g/mol. The Morgan fingerprint density at radius 3 is 3.05 bits per heavy atom. The van der Waals surface area contributed by atoms with E-state index in [1.54, 1.807) is 7.11 Å². The van der Waals surface area contributed by atoms with Crippen LogP contribution >= 0.6 is 0 Å². The van der Waals surface area contributed by atoms with Gasteiger partial charge in [0.05, 0.1) is 13.7 Å². The molecule has 6 heteroatoms. The molecule has 0 aliphatic carbocycles. The van der Waals surface area contributed by atoms with E-state index in [2.05, 4.69) is 10.1 Å². The summed E-state index contributed by atoms with van der Waals surface area (Å²) in [5.41, 5.74) is 6.39. The third-order valence-corrected chi connectivity index (χ3v) is 2.49. The topological polar surface area (TPSA) is 83.4 Å². The second kappa shape index (κ2) is 6.86. The van der Waals surface area contributed by atoms with Crippen molar-refractivity contribution < 1.29 is 14.0 Å². The summed E-state index contributed by atoms with van der Waals surface area (Å²) in [5.74, 6) is 1.90. The van der Waals surface area contributed by atoms with Crippen LogP contribution < -0.4 is 10.5 Å². The Hall–Kier alpha value is -1.92. The minimum absolute atomic E-state index is 0.294. The fourth-order valence-corrected chi connectivity index (χ4v) is 1.63. The molecule has 0 amide bonds. The van der Waals surface area contributed by atoms with E-state index in [9.17, 15) is 0 Å². The highest BCUT2D eigenvalue weighted by molar-refractivity contribution is 5.29. The highest BCUT2D eigenvalue weighted by Crippen LogP contribution is 2.15. The highest BCUT2D eigenvalue weighted by Gasteiger charge is 2.07. The minimum Gasteiger partial charge on any atom is -0.497 e. The lowest BCUT2D eigenvalue weighted by atomic mass is 10.1. The summed E-state index contributed by atoms with van der Waals surface area (Å²) in [6.45, 7) is 1.25. The molecule has 0 aliphatic heterocycles. The number of hydrogen-bond donors (Lipinski definition) is 1. The van der Waals surface area contributed by atoms with Crippen molar-refractivity contribution in [1.29, 1.82) is 0 Å². The predicted octanol–water partition coefficient (Wildman–Crippen LogP) is 1.14. The fourth-order valence-electron chi connectivity index (χ4n) is 1.63. The van der Waals surface area contributed by atoms with E-state index in [1.807, 2.05) is 24.3 Å². The summed E-state index contributed by atoms with van der Waals surface area (Å²) in [7, 11) is 1.64. The molecule has 2 N–H and O–H groups in total. The number of benzene rings is 1. The third kappa shape index (κ3) is 4.04. The van der Waals surface area contributed by atoms with Gasteiger partial charge in [-0.05, 0) is 17.7 Å². The fraction of sp³-hybridized carbons (Fsp3) is 0.385. The van der Waals surface area contributed by atoms with E-state index in [-0.39, 0.29) is 0 Å². The van der Waals surface area contributed by atoms with E-state index < -0.39 is 0 Å². The number of methoxy groups -OCH3 is 1. The van der Waals surface area contributed by atoms with E-state index >= 15 is 0 Å². The zero-order chi connectivity index (χ0) is 13.5. The quantitative estimate of drug-likeness (QED) is 0.754. The van der Waals surface area contributed by atoms with Crippen molar-refractivity contribution in [2.24, 2.45) is 5.73 Å². The highest BCUT2D eigenvalue weighted by atomic mass is 16.5. The van der Waals surface area contributed by atoms with Crippen molar-refractivity contribution in [3.8, 4) is 5.75 Å². The average Bonchev–Trinajstić information content (AvgIpc) is 2.87. The molecular weight excluding hydrogens is 246 g/mol. The Morgan fingerprint density at radius 1 is 1.37 bits per heavy atom. The molecule has 0 aliphatic rings. The van der Waals surface area contributed by atoms with Crippen molar-refractivity contribution in [2.75, 3.05) is 20.3 Å². The van der Waals surface area contributed by atoms with Crippen LogP contribution in [-0.2, 0) is 17.8 Å². The molecule has 0 bridgehead atoms. The molecular formula is C13H17N3O3. The van der Waals surface area contributed by atoms with Crippen LogP contribution in [0.4, 0.5) is 0 Å². The second-order valence-corrected chi connectivity index (χ2v) is 3.97. The molecule has 0 unspecified atom stereocenters. The lowest BCUT2D eigenvalue weighted by Gasteiger charge is -2.01. The molecule has 1 aromatic carbocycles. The van der Waals surface area contributed by atoms with Gasteiger partial charge in [-0.1, -0.05) is 17.3 Å². The van der Waals surface area contributed by atoms with Crippen LogP contribution in [-0.4, -0.2) is 30.4 Å². The number of rotatable bonds is 7. The van der Waals surface area contributed by atoms with Crippen molar-refractivity contribution in [3.05, 3.63) is 41.5 Å². The maximum atomic E-state index is 5.32. The Morgan fingerprint density at radius 2 is 2.26 bits per heavy atom. The smallest absolute Gasteiger partial charge is 0.252 e. The van der Waals surface area contributed by atoms with E-state index in [4.69, 9.17) is 19.7 Å². The Balaban J connectivity index is 1.95. The largest absolute Gasteiger partial charge is 0.497 e. The van der Waals surface area contributed by atoms with E-state index in [1.165, 1.54) is 0 Å². The van der Waals surface area contributed by atoms with Gasteiger partial charge in [-0.15, -0.1) is 0 Å². The van der Waals surface area contributed by atoms with Crippen LogP contribution in [0.2, 0.25) is 0 Å². The molecule has 1 aromatic heterocycles. The third-order valence-electron chi connectivity index (χ3n) is 2.49. The molecule has 0 fully saturated rings. The molecule has 6 nitrogen and oxygen atoms in total. The normalized spacial score (nSPS) is 10.6. The lowest BCUT2D eigenvalue weighted by Crippen LogP contribution is -2.08. The van der Waals surface area contributed by atoms with Crippen LogP contribution in [0.1, 0.15) is 17.3 Å². The van der Waals surface area contributed by atoms with Crippen LogP contribution in [0.3, 0.4) is 0 Å². The van der Waals surface area contributed by atoms with Gasteiger partial charge in [0.2, 0.25) is 0 Å². The molecule has 0 saturated heterocycles. The van der Waals surface area contributed by atoms with Crippen molar-refractivity contribution in [1.82, 2.24) is 10.1 Å². The molecule has 0 saturated carbocycles. The van der Waals surface area contributed by atoms with Gasteiger partial charge in [-0.25, -0.2) is 0 Å². The summed E-state index contributed by atoms with van der Waals surface area (Å²) in [6.07, 6.45) is 0.595. The number of ether oxygens (including phenoxy) is 2. The van der Waals surface area contributed by atoms with Gasteiger partial charge >= 0.3 is 0 Å². The lowest BCUT2D eigenvalue weighted by molar-refractivity contribution is 0.104. The molecule has 2 aromatic rings. The first-order valence-corrected chi connectivity index (χ1v) is 6.04. The van der Waals surface area contributed by atoms with Gasteiger partial charge in [0.1, 0.15) is 12.4 Å². The molecule has 0 spiro atoms. The summed E-state index contributed by atoms with van der Waals surface area (Å²) in [4.78, 5) is 4.25. The first-order valence-electron chi connectivity index (χ1n) is 6.04. The van der Waals surface area contributed by atoms with Gasteiger partial charge in [0.15, 0.2) is 5.82 Å². The summed E-state index contributed by atoms with van der Waals surface area (Å²) in [6, 6.07) is 7.76. The standard InChI is InChI=1S/C13H17N3O3/c1-17-11-4-2-3-10(7-11)8-12-15-13(19-16-12)9-18-6-5-14/h2-4,7H,5-6,8-9,14H2,1H3. The zero-order valence-electron chi connectivity index (χ0n) is 10.8. The van der Waals surface area contributed by atoms with Gasteiger partial charge in [-0.3, -0.25) is 0 Å². The van der Waals surface area contributed by atoms with Crippen molar-refractivity contribution >= 4 is 0 Å². The van der Waals surface area contributed by atoms with Crippen molar-refractivity contribution in [2.45, 2.75) is 13.0 Å². The molecule has 19 heavy (non-hydrogen) atoms. The maximum Gasteiger partial charge on any atom is 0.252 e. The van der Waals surface area contributed by atoms with Crippen LogP contribution in [0.25, 0.3) is 0 Å². The number of hydrogen-bond acceptors (Lipinski definition) is 6. The Kier molecular flexibility index (Phi) is 4.88. The SMILES string of the molecule is COc1cccc(Cc2noc(COCCN)n2)c1. The maximum absolute atomic E-state index is 5.32. The first kappa shape index (κ1) is 13.5. The predicted molar refractivity (Wildman–Crippen MR) is 68.8 cm³/mol. The molecule has 2 rings (SSSR count). The van der Waals surface area contributed by atoms with E-state index in [0.29, 0.717) is 37.9 Å². The van der Waals surface area contributed by atoms with Crippen molar-refractivity contribution in [3.63, 3.8) is 0 Å². The molecule has 0 radical (unpaired) electrons. The van der Waals surface area contributed by atoms with Gasteiger partial charge in [0, 0.05) is 13.0 Å². The van der Waals surface area contributed by atoms with Crippen LogP contribution in [0.15, 0.2) is 28.8 Å². The molecule has 0 atom stereocenters. The van der Waals surface area contributed by atoms with Gasteiger partial charge in [-0.2, -0.15) is 4.98 Å². The monoisotopic (exact) mass is 263 g/mol. The molecule has 1 heterocycles. The van der Waals surface area contributed by atoms with Gasteiger partial charge in [0.25, 0.3) is 5.89 Å². The van der Waals surface area contributed by atoms with E-state index in [0.717, 1.165) is 11.3 Å². The minimum atomic E-state index is 0.294. The van der Waals surface area contributed by atoms with Crippen LogP contribution in [0, 0.1) is 0 Å². The number of aromatic nitrogens is 2. The number of nitrogens with two attached hydrogens (primary N) is 1. The summed E-state index contributed by atoms with van der Waals surface area (Å²) >= 11 is 0. The Labute approximate surface area is 111 Å². The first-order chi connectivity index (χ1) is 9.31. The van der Waals surface area contributed by atoms with Gasteiger partial charge < -0.3 is 19.7 Å². The zero-order valence-corrected chi connectivity index (χ0v) is 10.8. The summed E-state index contributed by atoms with van der Waals surface area (Å²) < 4.78 is 15.5. The molecule has 102 valence electrons.